The minimum atomic E-state index is -0.101. The summed E-state index contributed by atoms with van der Waals surface area (Å²) in [4.78, 5) is 4.30. The molecule has 0 saturated carbocycles. The van der Waals surface area contributed by atoms with Crippen LogP contribution in [0.5, 0.6) is 0 Å². The molecule has 0 saturated heterocycles. The minimum Gasteiger partial charge on any atom is -0.443 e. The molecule has 0 aliphatic heterocycles. The SMILES string of the molecule is CC1(C)c2cc3c(cc2-c2ccc4ccccc4c21)c1ccccc1n3-c1ccc2ncoc2c1. The monoisotopic (exact) mass is 450 g/mol. The first kappa shape index (κ1) is 19.0. The zero-order valence-electron chi connectivity index (χ0n) is 19.5. The van der Waals surface area contributed by atoms with Crippen LogP contribution in [0, 0.1) is 0 Å². The lowest BCUT2D eigenvalue weighted by molar-refractivity contribution is 0.602. The maximum atomic E-state index is 5.65. The number of nitrogens with zero attached hydrogens (tertiary/aromatic N) is 2. The molecule has 1 aliphatic rings. The van der Waals surface area contributed by atoms with E-state index in [1.54, 1.807) is 0 Å². The molecule has 0 fully saturated rings. The van der Waals surface area contributed by atoms with Crippen molar-refractivity contribution in [3.05, 3.63) is 109 Å². The number of aromatic nitrogens is 2. The lowest BCUT2D eigenvalue weighted by Crippen LogP contribution is -2.15. The summed E-state index contributed by atoms with van der Waals surface area (Å²) in [5, 5.41) is 5.18. The molecule has 8 rings (SSSR count). The highest BCUT2D eigenvalue weighted by molar-refractivity contribution is 6.12. The fourth-order valence-electron chi connectivity index (χ4n) is 6.32. The fraction of sp³-hybridized carbons (Fsp3) is 0.0938. The van der Waals surface area contributed by atoms with Gasteiger partial charge in [0, 0.05) is 22.3 Å². The highest BCUT2D eigenvalue weighted by Gasteiger charge is 2.37. The number of oxazole rings is 1. The van der Waals surface area contributed by atoms with Crippen molar-refractivity contribution in [1.29, 1.82) is 0 Å². The summed E-state index contributed by atoms with van der Waals surface area (Å²) in [6.07, 6.45) is 1.51. The molecule has 2 aromatic heterocycles. The number of para-hydroxylation sites is 1. The molecule has 0 amide bonds. The quantitative estimate of drug-likeness (QED) is 0.251. The summed E-state index contributed by atoms with van der Waals surface area (Å²) in [7, 11) is 0. The van der Waals surface area contributed by atoms with E-state index in [9.17, 15) is 0 Å². The van der Waals surface area contributed by atoms with Crippen LogP contribution in [0.1, 0.15) is 25.0 Å². The molecule has 7 aromatic rings. The van der Waals surface area contributed by atoms with Gasteiger partial charge in [-0.2, -0.15) is 0 Å². The predicted molar refractivity (Wildman–Crippen MR) is 143 cm³/mol. The highest BCUT2D eigenvalue weighted by Crippen LogP contribution is 2.53. The Kier molecular flexibility index (Phi) is 3.47. The number of hydrogen-bond acceptors (Lipinski definition) is 2. The number of benzene rings is 5. The van der Waals surface area contributed by atoms with Crippen molar-refractivity contribution in [2.24, 2.45) is 0 Å². The molecule has 0 radical (unpaired) electrons. The van der Waals surface area contributed by atoms with Gasteiger partial charge in [-0.05, 0) is 63.4 Å². The average Bonchev–Trinajstić information content (AvgIpc) is 3.54. The number of rotatable bonds is 1. The van der Waals surface area contributed by atoms with Crippen molar-refractivity contribution < 1.29 is 4.42 Å². The second-order valence-electron chi connectivity index (χ2n) is 10.1. The van der Waals surface area contributed by atoms with E-state index >= 15 is 0 Å². The zero-order valence-corrected chi connectivity index (χ0v) is 19.5. The van der Waals surface area contributed by atoms with E-state index in [1.165, 1.54) is 61.2 Å². The second-order valence-corrected chi connectivity index (χ2v) is 10.1. The molecular formula is C32H22N2O. The molecule has 3 nitrogen and oxygen atoms in total. The van der Waals surface area contributed by atoms with Crippen molar-refractivity contribution >= 4 is 43.7 Å². The van der Waals surface area contributed by atoms with Gasteiger partial charge in [-0.25, -0.2) is 4.98 Å². The molecular weight excluding hydrogens is 428 g/mol. The maximum absolute atomic E-state index is 5.65. The smallest absolute Gasteiger partial charge is 0.181 e. The Balaban J connectivity index is 1.50. The Hall–Kier alpha value is -4.37. The predicted octanol–water partition coefficient (Wildman–Crippen LogP) is 8.38. The molecule has 3 heteroatoms. The second kappa shape index (κ2) is 6.39. The van der Waals surface area contributed by atoms with Gasteiger partial charge in [0.15, 0.2) is 12.0 Å². The molecule has 0 bridgehead atoms. The van der Waals surface area contributed by atoms with E-state index in [0.717, 1.165) is 16.8 Å². The Morgan fingerprint density at radius 3 is 2.46 bits per heavy atom. The van der Waals surface area contributed by atoms with Crippen LogP contribution in [0.25, 0.3) is 60.5 Å². The first-order chi connectivity index (χ1) is 17.1. The lowest BCUT2D eigenvalue weighted by atomic mass is 9.80. The van der Waals surface area contributed by atoms with Crippen molar-refractivity contribution in [3.63, 3.8) is 0 Å². The molecule has 0 N–H and O–H groups in total. The van der Waals surface area contributed by atoms with E-state index in [4.69, 9.17) is 4.42 Å². The van der Waals surface area contributed by atoms with Crippen LogP contribution in [-0.2, 0) is 5.41 Å². The van der Waals surface area contributed by atoms with E-state index in [1.807, 2.05) is 6.07 Å². The van der Waals surface area contributed by atoms with E-state index in [2.05, 4.69) is 108 Å². The van der Waals surface area contributed by atoms with Crippen LogP contribution in [0.3, 0.4) is 0 Å². The Labute approximate surface area is 202 Å². The third-order valence-corrected chi connectivity index (χ3v) is 7.90. The Bertz CT molecular complexity index is 1990. The van der Waals surface area contributed by atoms with E-state index in [-0.39, 0.29) is 5.41 Å². The summed E-state index contributed by atoms with van der Waals surface area (Å²) in [6.45, 7) is 4.73. The van der Waals surface area contributed by atoms with Crippen LogP contribution in [0.4, 0.5) is 0 Å². The van der Waals surface area contributed by atoms with Gasteiger partial charge in [0.1, 0.15) is 5.52 Å². The van der Waals surface area contributed by atoms with Gasteiger partial charge in [0.05, 0.1) is 16.7 Å². The first-order valence-corrected chi connectivity index (χ1v) is 12.1. The topological polar surface area (TPSA) is 31.0 Å². The van der Waals surface area contributed by atoms with Gasteiger partial charge in [-0.15, -0.1) is 0 Å². The fourth-order valence-corrected chi connectivity index (χ4v) is 6.32. The van der Waals surface area contributed by atoms with Gasteiger partial charge in [-0.3, -0.25) is 0 Å². The summed E-state index contributed by atoms with van der Waals surface area (Å²) < 4.78 is 8.01. The van der Waals surface area contributed by atoms with E-state index < -0.39 is 0 Å². The van der Waals surface area contributed by atoms with Crippen molar-refractivity contribution in [3.8, 4) is 16.8 Å². The molecule has 5 aromatic carbocycles. The van der Waals surface area contributed by atoms with Crippen molar-refractivity contribution in [2.45, 2.75) is 19.3 Å². The standard InChI is InChI=1S/C32H22N2O/c1-32(2)26-17-29-25(16-24(26)23-13-11-19-7-3-4-8-21(19)31(23)32)22-9-5-6-10-28(22)34(29)20-12-14-27-30(15-20)35-18-33-27/h3-18H,1-2H3. The minimum absolute atomic E-state index is 0.101. The van der Waals surface area contributed by atoms with Crippen LogP contribution in [0.15, 0.2) is 102 Å². The van der Waals surface area contributed by atoms with E-state index in [0.29, 0.717) is 0 Å². The summed E-state index contributed by atoms with van der Waals surface area (Å²) in [5.74, 6) is 0. The highest BCUT2D eigenvalue weighted by atomic mass is 16.3. The van der Waals surface area contributed by atoms with Gasteiger partial charge in [-0.1, -0.05) is 68.4 Å². The average molecular weight is 451 g/mol. The summed E-state index contributed by atoms with van der Waals surface area (Å²) in [6, 6.07) is 33.1. The van der Waals surface area contributed by atoms with Gasteiger partial charge in [0.25, 0.3) is 0 Å². The lowest BCUT2D eigenvalue weighted by Gasteiger charge is -2.23. The summed E-state index contributed by atoms with van der Waals surface area (Å²) in [5.41, 5.74) is 10.6. The molecule has 0 spiro atoms. The number of fused-ring (bicyclic) bond motifs is 9. The van der Waals surface area contributed by atoms with Crippen LogP contribution in [0.2, 0.25) is 0 Å². The molecule has 166 valence electrons. The van der Waals surface area contributed by atoms with Crippen molar-refractivity contribution in [1.82, 2.24) is 9.55 Å². The Morgan fingerprint density at radius 1 is 0.714 bits per heavy atom. The van der Waals surface area contributed by atoms with Gasteiger partial charge in [0.2, 0.25) is 0 Å². The van der Waals surface area contributed by atoms with Crippen LogP contribution < -0.4 is 0 Å². The molecule has 1 aliphatic carbocycles. The molecule has 2 heterocycles. The Morgan fingerprint density at radius 2 is 1.54 bits per heavy atom. The number of hydrogen-bond donors (Lipinski definition) is 0. The molecule has 35 heavy (non-hydrogen) atoms. The maximum Gasteiger partial charge on any atom is 0.181 e. The third kappa shape index (κ3) is 2.37. The van der Waals surface area contributed by atoms with Gasteiger partial charge >= 0.3 is 0 Å². The normalized spacial score (nSPS) is 14.2. The first-order valence-electron chi connectivity index (χ1n) is 12.1. The molecule has 0 unspecified atom stereocenters. The van der Waals surface area contributed by atoms with Crippen molar-refractivity contribution in [2.75, 3.05) is 0 Å². The van der Waals surface area contributed by atoms with Crippen LogP contribution >= 0.6 is 0 Å². The molecule has 0 atom stereocenters. The van der Waals surface area contributed by atoms with Gasteiger partial charge < -0.3 is 8.98 Å². The third-order valence-electron chi connectivity index (χ3n) is 7.90. The summed E-state index contributed by atoms with van der Waals surface area (Å²) >= 11 is 0. The largest absolute Gasteiger partial charge is 0.443 e. The van der Waals surface area contributed by atoms with Crippen LogP contribution in [-0.4, -0.2) is 9.55 Å². The zero-order chi connectivity index (χ0) is 23.3.